The van der Waals surface area contributed by atoms with Gasteiger partial charge in [0.05, 0.1) is 11.1 Å². The molecule has 0 aliphatic heterocycles. The maximum atomic E-state index is 12.9. The molecule has 0 heterocycles. The lowest BCUT2D eigenvalue weighted by atomic mass is 9.94. The normalized spacial score (nSPS) is 19.3. The summed E-state index contributed by atoms with van der Waals surface area (Å²) in [6.07, 6.45) is 2.02. The van der Waals surface area contributed by atoms with Crippen LogP contribution in [0.25, 0.3) is 0 Å². The first-order valence-electron chi connectivity index (χ1n) is 8.95. The van der Waals surface area contributed by atoms with Crippen LogP contribution in [-0.4, -0.2) is 24.1 Å². The molecule has 27 heavy (non-hydrogen) atoms. The quantitative estimate of drug-likeness (QED) is 0.648. The number of carbonyl (C=O) groups excluding carboxylic acids is 2. The zero-order chi connectivity index (χ0) is 19.4. The fraction of sp³-hybridized carbons (Fsp3) is 0.333. The fourth-order valence-corrected chi connectivity index (χ4v) is 3.22. The summed E-state index contributed by atoms with van der Waals surface area (Å²) < 4.78 is 24.0. The van der Waals surface area contributed by atoms with Crippen LogP contribution < -0.4 is 5.73 Å². The Morgan fingerprint density at radius 3 is 1.93 bits per heavy atom. The zero-order valence-corrected chi connectivity index (χ0v) is 15.1. The number of nitrogen functional groups attached to an aromatic ring is 1. The standard InChI is InChI=1S/C21H22FNO4/c1-13-10-15(12-17(23)11-13)21(25)27-19-8-6-18(7-9-19)26-20(24)14-2-4-16(22)5-3-14/h2-5,10-12,18-19H,6-9,23H2,1H3. The Hall–Kier alpha value is -2.89. The Morgan fingerprint density at radius 1 is 0.889 bits per heavy atom. The van der Waals surface area contributed by atoms with Gasteiger partial charge in [-0.15, -0.1) is 0 Å². The number of anilines is 1. The maximum Gasteiger partial charge on any atom is 0.338 e. The largest absolute Gasteiger partial charge is 0.459 e. The van der Waals surface area contributed by atoms with Gasteiger partial charge in [0, 0.05) is 5.69 Å². The molecule has 0 saturated heterocycles. The fourth-order valence-electron chi connectivity index (χ4n) is 3.22. The molecule has 0 amide bonds. The molecule has 0 aromatic heterocycles. The smallest absolute Gasteiger partial charge is 0.338 e. The van der Waals surface area contributed by atoms with Crippen LogP contribution in [0.3, 0.4) is 0 Å². The highest BCUT2D eigenvalue weighted by Crippen LogP contribution is 2.25. The SMILES string of the molecule is Cc1cc(N)cc(C(=O)OC2CCC(OC(=O)c3ccc(F)cc3)CC2)c1. The molecule has 0 radical (unpaired) electrons. The second-order valence-corrected chi connectivity index (χ2v) is 6.85. The first-order chi connectivity index (χ1) is 12.9. The molecular formula is C21H22FNO4. The Labute approximate surface area is 157 Å². The van der Waals surface area contributed by atoms with Crippen molar-refractivity contribution >= 4 is 17.6 Å². The molecule has 2 N–H and O–H groups in total. The van der Waals surface area contributed by atoms with Crippen molar-refractivity contribution in [1.82, 2.24) is 0 Å². The number of nitrogens with two attached hydrogens (primary N) is 1. The molecule has 5 nitrogen and oxygen atoms in total. The van der Waals surface area contributed by atoms with E-state index in [0.717, 1.165) is 5.56 Å². The number of halogens is 1. The van der Waals surface area contributed by atoms with Crippen molar-refractivity contribution in [1.29, 1.82) is 0 Å². The molecule has 2 aromatic rings. The molecule has 0 spiro atoms. The van der Waals surface area contributed by atoms with Crippen LogP contribution in [0, 0.1) is 12.7 Å². The van der Waals surface area contributed by atoms with Crippen LogP contribution in [0.2, 0.25) is 0 Å². The summed E-state index contributed by atoms with van der Waals surface area (Å²) in [5, 5.41) is 0. The van der Waals surface area contributed by atoms with Gasteiger partial charge in [0.2, 0.25) is 0 Å². The molecule has 1 aliphatic carbocycles. The Balaban J connectivity index is 1.49. The second kappa shape index (κ2) is 8.20. The topological polar surface area (TPSA) is 78.6 Å². The van der Waals surface area contributed by atoms with Gasteiger partial charge in [0.1, 0.15) is 18.0 Å². The average Bonchev–Trinajstić information content (AvgIpc) is 2.63. The van der Waals surface area contributed by atoms with E-state index in [4.69, 9.17) is 15.2 Å². The average molecular weight is 371 g/mol. The van der Waals surface area contributed by atoms with E-state index < -0.39 is 17.8 Å². The van der Waals surface area contributed by atoms with Gasteiger partial charge < -0.3 is 15.2 Å². The minimum Gasteiger partial charge on any atom is -0.459 e. The van der Waals surface area contributed by atoms with Crippen molar-refractivity contribution in [2.45, 2.75) is 44.8 Å². The van der Waals surface area contributed by atoms with Gasteiger partial charge in [-0.1, -0.05) is 0 Å². The lowest BCUT2D eigenvalue weighted by Crippen LogP contribution is -2.29. The van der Waals surface area contributed by atoms with Crippen molar-refractivity contribution in [3.05, 3.63) is 65.0 Å². The van der Waals surface area contributed by atoms with Crippen LogP contribution in [-0.2, 0) is 9.47 Å². The first kappa shape index (κ1) is 18.9. The molecule has 1 saturated carbocycles. The number of rotatable bonds is 4. The lowest BCUT2D eigenvalue weighted by molar-refractivity contribution is -0.0108. The number of ether oxygens (including phenoxy) is 2. The van der Waals surface area contributed by atoms with Gasteiger partial charge in [-0.25, -0.2) is 14.0 Å². The van der Waals surface area contributed by atoms with Crippen molar-refractivity contribution < 1.29 is 23.5 Å². The number of aryl methyl sites for hydroxylation is 1. The van der Waals surface area contributed by atoms with Crippen LogP contribution in [0.15, 0.2) is 42.5 Å². The highest BCUT2D eigenvalue weighted by atomic mass is 19.1. The van der Waals surface area contributed by atoms with Gasteiger partial charge in [-0.3, -0.25) is 0 Å². The minimum absolute atomic E-state index is 0.208. The summed E-state index contributed by atoms with van der Waals surface area (Å²) >= 11 is 0. The van der Waals surface area contributed by atoms with E-state index >= 15 is 0 Å². The Kier molecular flexibility index (Phi) is 5.74. The van der Waals surface area contributed by atoms with Crippen molar-refractivity contribution in [3.63, 3.8) is 0 Å². The second-order valence-electron chi connectivity index (χ2n) is 6.85. The molecule has 2 aromatic carbocycles. The van der Waals surface area contributed by atoms with E-state index in [1.165, 1.54) is 24.3 Å². The number of hydrogen-bond donors (Lipinski definition) is 1. The molecule has 6 heteroatoms. The van der Waals surface area contributed by atoms with E-state index in [-0.39, 0.29) is 12.2 Å². The minimum atomic E-state index is -0.467. The zero-order valence-electron chi connectivity index (χ0n) is 15.1. The summed E-state index contributed by atoms with van der Waals surface area (Å²) in [6, 6.07) is 10.4. The number of hydrogen-bond acceptors (Lipinski definition) is 5. The summed E-state index contributed by atoms with van der Waals surface area (Å²) in [5.41, 5.74) is 7.96. The maximum absolute atomic E-state index is 12.9. The highest BCUT2D eigenvalue weighted by Gasteiger charge is 2.27. The predicted octanol–water partition coefficient (Wildman–Crippen LogP) is 4.04. The molecule has 0 bridgehead atoms. The van der Waals surface area contributed by atoms with Gasteiger partial charge in [0.25, 0.3) is 0 Å². The number of esters is 2. The van der Waals surface area contributed by atoms with Gasteiger partial charge in [0.15, 0.2) is 0 Å². The molecule has 0 atom stereocenters. The van der Waals surface area contributed by atoms with Gasteiger partial charge >= 0.3 is 11.9 Å². The summed E-state index contributed by atoms with van der Waals surface area (Å²) in [6.45, 7) is 1.87. The third-order valence-corrected chi connectivity index (χ3v) is 4.58. The van der Waals surface area contributed by atoms with Crippen LogP contribution in [0.1, 0.15) is 52.0 Å². The first-order valence-corrected chi connectivity index (χ1v) is 8.95. The van der Waals surface area contributed by atoms with E-state index in [0.29, 0.717) is 42.5 Å². The van der Waals surface area contributed by atoms with E-state index in [2.05, 4.69) is 0 Å². The Bertz CT molecular complexity index is 806. The van der Waals surface area contributed by atoms with Crippen LogP contribution in [0.5, 0.6) is 0 Å². The lowest BCUT2D eigenvalue weighted by Gasteiger charge is -2.28. The van der Waals surface area contributed by atoms with E-state index in [9.17, 15) is 14.0 Å². The third-order valence-electron chi connectivity index (χ3n) is 4.58. The molecule has 3 rings (SSSR count). The van der Waals surface area contributed by atoms with Crippen molar-refractivity contribution in [2.75, 3.05) is 5.73 Å². The van der Waals surface area contributed by atoms with E-state index in [1.54, 1.807) is 18.2 Å². The molecule has 142 valence electrons. The van der Waals surface area contributed by atoms with Crippen molar-refractivity contribution in [2.24, 2.45) is 0 Å². The van der Waals surface area contributed by atoms with Gasteiger partial charge in [-0.05, 0) is 80.6 Å². The molecular weight excluding hydrogens is 349 g/mol. The summed E-state index contributed by atoms with van der Waals surface area (Å²) in [7, 11) is 0. The Morgan fingerprint density at radius 2 is 1.41 bits per heavy atom. The number of benzene rings is 2. The van der Waals surface area contributed by atoms with Crippen LogP contribution in [0.4, 0.5) is 10.1 Å². The highest BCUT2D eigenvalue weighted by molar-refractivity contribution is 5.91. The predicted molar refractivity (Wildman–Crippen MR) is 98.9 cm³/mol. The third kappa shape index (κ3) is 5.06. The number of carbonyl (C=O) groups is 2. The summed E-state index contributed by atoms with van der Waals surface area (Å²) in [4.78, 5) is 24.4. The van der Waals surface area contributed by atoms with E-state index in [1.807, 2.05) is 6.92 Å². The molecule has 1 aliphatic rings. The summed E-state index contributed by atoms with van der Waals surface area (Å²) in [5.74, 6) is -1.26. The van der Waals surface area contributed by atoms with Gasteiger partial charge in [-0.2, -0.15) is 0 Å². The van der Waals surface area contributed by atoms with Crippen LogP contribution >= 0.6 is 0 Å². The van der Waals surface area contributed by atoms with Crippen molar-refractivity contribution in [3.8, 4) is 0 Å². The molecule has 0 unspecified atom stereocenters. The monoisotopic (exact) mass is 371 g/mol. The molecule has 1 fully saturated rings.